The second-order valence-electron chi connectivity index (χ2n) is 10.0. The first-order chi connectivity index (χ1) is 16.2. The van der Waals surface area contributed by atoms with Gasteiger partial charge in [-0.3, -0.25) is 9.78 Å². The zero-order valence-electron chi connectivity index (χ0n) is 21.3. The molecule has 0 unspecified atom stereocenters. The summed E-state index contributed by atoms with van der Waals surface area (Å²) in [5.41, 5.74) is 3.82. The molecule has 0 fully saturated rings. The topological polar surface area (TPSA) is 57.2 Å². The van der Waals surface area contributed by atoms with Gasteiger partial charge in [0.2, 0.25) is 0 Å². The summed E-state index contributed by atoms with van der Waals surface area (Å²) in [6, 6.07) is 12.0. The molecule has 0 aliphatic rings. The summed E-state index contributed by atoms with van der Waals surface area (Å²) in [5, 5.41) is 0. The van der Waals surface area contributed by atoms with Gasteiger partial charge in [0.25, 0.3) is 5.91 Å². The molecule has 0 aliphatic carbocycles. The molecule has 1 aromatic carbocycles. The summed E-state index contributed by atoms with van der Waals surface area (Å²) >= 11 is 5.61. The second kappa shape index (κ2) is 12.3. The van der Waals surface area contributed by atoms with Gasteiger partial charge >= 0.3 is 0 Å². The number of H-pyrrole nitrogens is 1. The van der Waals surface area contributed by atoms with E-state index < -0.39 is 0 Å². The SMILES string of the molecule is CC(C)CN(CC(C)C)C(=O)c1ccc2c(c1)[nH]c(=S)n2CCCN(C)CCc1ccccn1. The molecule has 7 heteroatoms. The molecule has 0 atom stereocenters. The average molecular weight is 482 g/mol. The molecule has 0 spiro atoms. The maximum Gasteiger partial charge on any atom is 0.253 e. The van der Waals surface area contributed by atoms with Crippen LogP contribution in [0.4, 0.5) is 0 Å². The monoisotopic (exact) mass is 481 g/mol. The molecule has 6 nitrogen and oxygen atoms in total. The first kappa shape index (κ1) is 26.1. The Hall–Kier alpha value is -2.51. The fourth-order valence-corrected chi connectivity index (χ4v) is 4.58. The Bertz CT molecular complexity index is 1110. The lowest BCUT2D eigenvalue weighted by Gasteiger charge is -2.26. The Morgan fingerprint density at radius 2 is 1.82 bits per heavy atom. The number of carbonyl (C=O) groups is 1. The van der Waals surface area contributed by atoms with Gasteiger partial charge in [-0.2, -0.15) is 0 Å². The van der Waals surface area contributed by atoms with Crippen molar-refractivity contribution in [2.75, 3.05) is 33.2 Å². The summed E-state index contributed by atoms with van der Waals surface area (Å²) < 4.78 is 2.85. The number of aryl methyl sites for hydroxylation is 1. The van der Waals surface area contributed by atoms with Gasteiger partial charge in [-0.25, -0.2) is 0 Å². The number of hydrogen-bond acceptors (Lipinski definition) is 4. The van der Waals surface area contributed by atoms with Gasteiger partial charge in [-0.1, -0.05) is 33.8 Å². The van der Waals surface area contributed by atoms with Gasteiger partial charge in [0, 0.05) is 50.1 Å². The van der Waals surface area contributed by atoms with E-state index in [0.29, 0.717) is 22.2 Å². The van der Waals surface area contributed by atoms with Crippen LogP contribution in [0.1, 0.15) is 50.2 Å². The van der Waals surface area contributed by atoms with Crippen molar-refractivity contribution in [1.29, 1.82) is 0 Å². The Balaban J connectivity index is 1.63. The number of rotatable bonds is 12. The van der Waals surface area contributed by atoms with Crippen molar-refractivity contribution in [1.82, 2.24) is 24.3 Å². The molecular formula is C27H39N5OS. The van der Waals surface area contributed by atoms with Crippen LogP contribution in [0, 0.1) is 16.6 Å². The fraction of sp³-hybridized carbons (Fsp3) is 0.519. The highest BCUT2D eigenvalue weighted by Gasteiger charge is 2.19. The highest BCUT2D eigenvalue weighted by Crippen LogP contribution is 2.19. The third-order valence-corrected chi connectivity index (χ3v) is 6.20. The van der Waals surface area contributed by atoms with Crippen LogP contribution < -0.4 is 0 Å². The van der Waals surface area contributed by atoms with E-state index in [0.717, 1.165) is 62.3 Å². The number of aromatic amines is 1. The van der Waals surface area contributed by atoms with Gasteiger partial charge in [0.1, 0.15) is 0 Å². The number of benzene rings is 1. The van der Waals surface area contributed by atoms with Crippen molar-refractivity contribution in [2.24, 2.45) is 11.8 Å². The third-order valence-electron chi connectivity index (χ3n) is 5.88. The van der Waals surface area contributed by atoms with E-state index >= 15 is 0 Å². The van der Waals surface area contributed by atoms with Gasteiger partial charge in [-0.15, -0.1) is 0 Å². The van der Waals surface area contributed by atoms with E-state index in [2.05, 4.69) is 60.2 Å². The molecule has 0 saturated carbocycles. The van der Waals surface area contributed by atoms with E-state index in [-0.39, 0.29) is 5.91 Å². The van der Waals surface area contributed by atoms with Gasteiger partial charge in [-0.05, 0) is 74.4 Å². The molecular weight excluding hydrogens is 442 g/mol. The van der Waals surface area contributed by atoms with Crippen LogP contribution in [0.15, 0.2) is 42.6 Å². The van der Waals surface area contributed by atoms with E-state index in [9.17, 15) is 4.79 Å². The van der Waals surface area contributed by atoms with Crippen molar-refractivity contribution >= 4 is 29.2 Å². The number of nitrogens with one attached hydrogen (secondary N) is 1. The van der Waals surface area contributed by atoms with Gasteiger partial charge < -0.3 is 19.4 Å². The Kier molecular flexibility index (Phi) is 9.42. The largest absolute Gasteiger partial charge is 0.338 e. The molecule has 0 saturated heterocycles. The number of likely N-dealkylation sites (N-methyl/N-ethyl adjacent to an activating group) is 1. The molecule has 3 aromatic rings. The highest BCUT2D eigenvalue weighted by molar-refractivity contribution is 7.71. The first-order valence-electron chi connectivity index (χ1n) is 12.3. The third kappa shape index (κ3) is 7.24. The number of hydrogen-bond donors (Lipinski definition) is 1. The molecule has 1 amide bonds. The summed E-state index contributed by atoms with van der Waals surface area (Å²) in [4.78, 5) is 25.3. The number of imidazole rings is 1. The maximum atomic E-state index is 13.2. The molecule has 2 aromatic heterocycles. The standard InChI is InChI=1S/C27H39N5OS/c1-20(2)18-31(19-21(3)4)26(33)22-10-11-25-24(17-22)29-27(34)32(25)15-8-14-30(5)16-12-23-9-6-7-13-28-23/h6-7,9-11,13,17,20-21H,8,12,14-16,18-19H2,1-5H3,(H,29,34). The van der Waals surface area contributed by atoms with Crippen molar-refractivity contribution in [2.45, 2.75) is 47.1 Å². The zero-order chi connectivity index (χ0) is 24.7. The van der Waals surface area contributed by atoms with Crippen molar-refractivity contribution in [3.8, 4) is 0 Å². The Labute approximate surface area is 209 Å². The number of carbonyl (C=O) groups excluding carboxylic acids is 1. The average Bonchev–Trinajstić information content (AvgIpc) is 3.11. The van der Waals surface area contributed by atoms with Crippen LogP contribution in [0.3, 0.4) is 0 Å². The predicted octanol–water partition coefficient (Wildman–Crippen LogP) is 5.41. The quantitative estimate of drug-likeness (QED) is 0.351. The van der Waals surface area contributed by atoms with Crippen LogP contribution in [0.2, 0.25) is 0 Å². The van der Waals surface area contributed by atoms with Crippen molar-refractivity contribution < 1.29 is 4.79 Å². The highest BCUT2D eigenvalue weighted by atomic mass is 32.1. The molecule has 0 radical (unpaired) electrons. The zero-order valence-corrected chi connectivity index (χ0v) is 22.1. The van der Waals surface area contributed by atoms with E-state index in [4.69, 9.17) is 12.2 Å². The summed E-state index contributed by atoms with van der Waals surface area (Å²) in [5.74, 6) is 0.951. The first-order valence-corrected chi connectivity index (χ1v) is 12.8. The van der Waals surface area contributed by atoms with Crippen molar-refractivity contribution in [3.05, 3.63) is 58.6 Å². The Morgan fingerprint density at radius 3 is 2.47 bits per heavy atom. The maximum absolute atomic E-state index is 13.2. The van der Waals surface area contributed by atoms with E-state index in [1.54, 1.807) is 0 Å². The molecule has 0 bridgehead atoms. The number of nitrogens with zero attached hydrogens (tertiary/aromatic N) is 4. The summed E-state index contributed by atoms with van der Waals surface area (Å²) in [7, 11) is 2.15. The lowest BCUT2D eigenvalue weighted by molar-refractivity contribution is 0.0715. The number of aromatic nitrogens is 3. The molecule has 1 N–H and O–H groups in total. The number of amides is 1. The molecule has 2 heterocycles. The van der Waals surface area contributed by atoms with Crippen LogP contribution in [0.5, 0.6) is 0 Å². The smallest absolute Gasteiger partial charge is 0.253 e. The molecule has 34 heavy (non-hydrogen) atoms. The summed E-state index contributed by atoms with van der Waals surface area (Å²) in [6.45, 7) is 12.9. The van der Waals surface area contributed by atoms with Gasteiger partial charge in [0.15, 0.2) is 4.77 Å². The fourth-order valence-electron chi connectivity index (χ4n) is 4.29. The van der Waals surface area contributed by atoms with E-state index in [1.807, 2.05) is 41.4 Å². The number of fused-ring (bicyclic) bond motifs is 1. The minimum Gasteiger partial charge on any atom is -0.338 e. The Morgan fingerprint density at radius 1 is 1.09 bits per heavy atom. The number of pyridine rings is 1. The predicted molar refractivity (Wildman–Crippen MR) is 143 cm³/mol. The van der Waals surface area contributed by atoms with Crippen molar-refractivity contribution in [3.63, 3.8) is 0 Å². The molecule has 184 valence electrons. The second-order valence-corrected chi connectivity index (χ2v) is 10.4. The lowest BCUT2D eigenvalue weighted by atomic mass is 10.1. The minimum absolute atomic E-state index is 0.0888. The molecule has 3 rings (SSSR count). The van der Waals surface area contributed by atoms with Crippen LogP contribution >= 0.6 is 12.2 Å². The van der Waals surface area contributed by atoms with Crippen LogP contribution in [0.25, 0.3) is 11.0 Å². The normalized spacial score (nSPS) is 11.8. The lowest BCUT2D eigenvalue weighted by Crippen LogP contribution is -2.37. The van der Waals surface area contributed by atoms with Gasteiger partial charge in [0.05, 0.1) is 11.0 Å². The van der Waals surface area contributed by atoms with Crippen LogP contribution in [-0.2, 0) is 13.0 Å². The molecule has 0 aliphatic heterocycles. The van der Waals surface area contributed by atoms with E-state index in [1.165, 1.54) is 0 Å². The summed E-state index contributed by atoms with van der Waals surface area (Å²) in [6.07, 6.45) is 3.79. The minimum atomic E-state index is 0.0888. The van der Waals surface area contributed by atoms with Crippen LogP contribution in [-0.4, -0.2) is 63.5 Å².